The first-order valence-electron chi connectivity index (χ1n) is 11.0. The van der Waals surface area contributed by atoms with Gasteiger partial charge in [0.25, 0.3) is 0 Å². The van der Waals surface area contributed by atoms with E-state index in [-0.39, 0.29) is 13.1 Å². The molecule has 178 valence electrons. The minimum absolute atomic E-state index is 0.203. The second kappa shape index (κ2) is 9.92. The van der Waals surface area contributed by atoms with E-state index >= 15 is 0 Å². The lowest BCUT2D eigenvalue weighted by atomic mass is 10.0. The molecule has 34 heavy (non-hydrogen) atoms. The fraction of sp³-hybridized carbons (Fsp3) is 0.308. The van der Waals surface area contributed by atoms with E-state index in [2.05, 4.69) is 23.8 Å². The summed E-state index contributed by atoms with van der Waals surface area (Å²) in [4.78, 5) is 26.2. The highest BCUT2D eigenvalue weighted by atomic mass is 35.5. The normalized spacial score (nSPS) is 22.5. The second-order valence-electron chi connectivity index (χ2n) is 8.49. The lowest BCUT2D eigenvalue weighted by molar-refractivity contribution is -0.192. The van der Waals surface area contributed by atoms with Crippen LogP contribution < -0.4 is 10.6 Å². The Morgan fingerprint density at radius 1 is 0.765 bits per heavy atom. The Balaban J connectivity index is 1.57. The number of carbonyl (C=O) groups excluding carboxylic acids is 2. The van der Waals surface area contributed by atoms with Crippen molar-refractivity contribution in [3.63, 3.8) is 0 Å². The molecule has 0 radical (unpaired) electrons. The maximum atomic E-state index is 13.1. The van der Waals surface area contributed by atoms with Gasteiger partial charge in [0.15, 0.2) is 11.4 Å². The number of benzene rings is 2. The van der Waals surface area contributed by atoms with Gasteiger partial charge in [-0.2, -0.15) is 0 Å². The first kappa shape index (κ1) is 24.5. The Morgan fingerprint density at radius 2 is 1.15 bits per heavy atom. The van der Waals surface area contributed by atoms with E-state index < -0.39 is 23.4 Å². The van der Waals surface area contributed by atoms with Gasteiger partial charge in [0.2, 0.25) is 0 Å². The summed E-state index contributed by atoms with van der Waals surface area (Å²) < 4.78 is 11.6. The summed E-state index contributed by atoms with van der Waals surface area (Å²) in [6.45, 7) is 7.80. The van der Waals surface area contributed by atoms with Crippen molar-refractivity contribution >= 4 is 35.1 Å². The van der Waals surface area contributed by atoms with Crippen molar-refractivity contribution in [2.75, 3.05) is 13.1 Å². The standard InChI is InChI=1S/C26H26Cl2N2O4/c1-17(27)15-29-25(13-11-19-7-3-5-9-21(19)25)33-23(31)24(32)34-26(30-16-18(2)28)14-12-20-8-4-6-10-22(20)26/h3-10,29-30H,1-2,11-16H2/t25-,26-/m1/s1. The summed E-state index contributed by atoms with van der Waals surface area (Å²) in [5.41, 5.74) is 1.21. The highest BCUT2D eigenvalue weighted by molar-refractivity contribution is 6.30. The van der Waals surface area contributed by atoms with Crippen LogP contribution in [-0.2, 0) is 43.4 Å². The molecule has 2 aliphatic carbocycles. The highest BCUT2D eigenvalue weighted by Gasteiger charge is 2.47. The van der Waals surface area contributed by atoms with Crippen LogP contribution in [-0.4, -0.2) is 25.0 Å². The van der Waals surface area contributed by atoms with E-state index in [1.54, 1.807) is 0 Å². The Bertz CT molecular complexity index is 1060. The van der Waals surface area contributed by atoms with Crippen LogP contribution in [0.2, 0.25) is 0 Å². The van der Waals surface area contributed by atoms with Crippen molar-refractivity contribution in [2.24, 2.45) is 0 Å². The monoisotopic (exact) mass is 500 g/mol. The molecule has 8 heteroatoms. The number of hydrogen-bond acceptors (Lipinski definition) is 6. The molecule has 0 unspecified atom stereocenters. The Morgan fingerprint density at radius 3 is 1.53 bits per heavy atom. The molecular formula is C26H26Cl2N2O4. The second-order valence-corrected chi connectivity index (χ2v) is 9.56. The molecule has 0 saturated carbocycles. The van der Waals surface area contributed by atoms with Crippen LogP contribution >= 0.6 is 23.2 Å². The van der Waals surface area contributed by atoms with Crippen LogP contribution in [0.3, 0.4) is 0 Å². The van der Waals surface area contributed by atoms with E-state index in [0.717, 1.165) is 22.3 Å². The maximum absolute atomic E-state index is 13.1. The number of hydrogen-bond donors (Lipinski definition) is 2. The molecule has 2 atom stereocenters. The number of rotatable bonds is 8. The first-order valence-corrected chi connectivity index (χ1v) is 11.8. The van der Waals surface area contributed by atoms with Crippen molar-refractivity contribution in [2.45, 2.75) is 37.1 Å². The Hall–Kier alpha value is -2.64. The summed E-state index contributed by atoms with van der Waals surface area (Å²) in [5, 5.41) is 7.05. The molecule has 0 heterocycles. The van der Waals surface area contributed by atoms with Gasteiger partial charge in [-0.3, -0.25) is 10.6 Å². The molecule has 2 aliphatic rings. The molecule has 0 fully saturated rings. The summed E-state index contributed by atoms with van der Waals surface area (Å²) in [5.74, 6) is -2.20. The van der Waals surface area contributed by atoms with Gasteiger partial charge >= 0.3 is 11.9 Å². The summed E-state index contributed by atoms with van der Waals surface area (Å²) in [6, 6.07) is 15.2. The van der Waals surface area contributed by atoms with Crippen molar-refractivity contribution in [3.8, 4) is 0 Å². The molecule has 0 saturated heterocycles. The van der Waals surface area contributed by atoms with Gasteiger partial charge in [0.1, 0.15) is 0 Å². The van der Waals surface area contributed by atoms with Crippen molar-refractivity contribution < 1.29 is 19.1 Å². The van der Waals surface area contributed by atoms with Crippen LogP contribution in [0.4, 0.5) is 0 Å². The van der Waals surface area contributed by atoms with Crippen LogP contribution in [0.1, 0.15) is 35.1 Å². The van der Waals surface area contributed by atoms with Crippen LogP contribution in [0.5, 0.6) is 0 Å². The SMILES string of the molecule is C=C(Cl)CN[C@@]1(OC(=O)C(=O)O[C@]2(NCC(=C)Cl)CCc3ccccc32)CCc2ccccc21. The van der Waals surface area contributed by atoms with Gasteiger partial charge in [-0.25, -0.2) is 9.59 Å². The molecule has 0 amide bonds. The smallest absolute Gasteiger partial charge is 0.419 e. The lowest BCUT2D eigenvalue weighted by Gasteiger charge is -2.33. The average Bonchev–Trinajstić information content (AvgIpc) is 3.36. The van der Waals surface area contributed by atoms with E-state index in [9.17, 15) is 9.59 Å². The van der Waals surface area contributed by atoms with Crippen molar-refractivity contribution in [3.05, 3.63) is 94.0 Å². The number of fused-ring (bicyclic) bond motifs is 2. The zero-order chi connectivity index (χ0) is 24.3. The molecule has 2 N–H and O–H groups in total. The van der Waals surface area contributed by atoms with E-state index in [4.69, 9.17) is 32.7 Å². The van der Waals surface area contributed by atoms with E-state index in [1.807, 2.05) is 48.5 Å². The topological polar surface area (TPSA) is 76.7 Å². The number of ether oxygens (including phenoxy) is 2. The highest BCUT2D eigenvalue weighted by Crippen LogP contribution is 2.40. The molecule has 2 aromatic carbocycles. The van der Waals surface area contributed by atoms with Gasteiger partial charge in [-0.05, 0) is 24.0 Å². The Labute approximate surface area is 208 Å². The molecule has 0 aromatic heterocycles. The molecule has 2 aromatic rings. The lowest BCUT2D eigenvalue weighted by Crippen LogP contribution is -2.49. The van der Waals surface area contributed by atoms with Crippen molar-refractivity contribution in [1.29, 1.82) is 0 Å². The largest absolute Gasteiger partial charge is 0.431 e. The summed E-state index contributed by atoms with van der Waals surface area (Å²) in [7, 11) is 0. The molecule has 0 spiro atoms. The van der Waals surface area contributed by atoms with Crippen LogP contribution in [0, 0.1) is 0 Å². The van der Waals surface area contributed by atoms with Gasteiger partial charge in [0, 0.05) is 47.1 Å². The predicted molar refractivity (Wildman–Crippen MR) is 131 cm³/mol. The van der Waals surface area contributed by atoms with Crippen LogP contribution in [0.25, 0.3) is 0 Å². The number of esters is 2. The molecule has 6 nitrogen and oxygen atoms in total. The van der Waals surface area contributed by atoms with Crippen LogP contribution in [0.15, 0.2) is 71.8 Å². The van der Waals surface area contributed by atoms with Gasteiger partial charge in [-0.15, -0.1) is 0 Å². The van der Waals surface area contributed by atoms with E-state index in [0.29, 0.717) is 35.7 Å². The van der Waals surface area contributed by atoms with Gasteiger partial charge in [-0.1, -0.05) is 84.9 Å². The zero-order valence-corrected chi connectivity index (χ0v) is 20.2. The Kier molecular flexibility index (Phi) is 7.14. The van der Waals surface area contributed by atoms with Gasteiger partial charge in [0.05, 0.1) is 0 Å². The summed E-state index contributed by atoms with van der Waals surface area (Å²) >= 11 is 11.9. The maximum Gasteiger partial charge on any atom is 0.419 e. The molecule has 4 rings (SSSR count). The minimum atomic E-state index is -1.21. The molecule has 0 bridgehead atoms. The third-order valence-corrected chi connectivity index (χ3v) is 6.50. The predicted octanol–water partition coefficient (Wildman–Crippen LogP) is 4.36. The quantitative estimate of drug-likeness (QED) is 0.318. The number of nitrogens with one attached hydrogen (secondary N) is 2. The zero-order valence-electron chi connectivity index (χ0n) is 18.7. The molecular weight excluding hydrogens is 475 g/mol. The third kappa shape index (κ3) is 4.91. The summed E-state index contributed by atoms with van der Waals surface area (Å²) in [6.07, 6.45) is 2.26. The first-order chi connectivity index (χ1) is 16.2. The average molecular weight is 501 g/mol. The number of carbonyl (C=O) groups is 2. The molecule has 0 aliphatic heterocycles. The van der Waals surface area contributed by atoms with Gasteiger partial charge < -0.3 is 9.47 Å². The number of aryl methyl sites for hydroxylation is 2. The number of halogens is 2. The fourth-order valence-corrected chi connectivity index (χ4v) is 4.82. The van der Waals surface area contributed by atoms with E-state index in [1.165, 1.54) is 0 Å². The fourth-order valence-electron chi connectivity index (χ4n) is 4.68. The van der Waals surface area contributed by atoms with Crippen molar-refractivity contribution in [1.82, 2.24) is 10.6 Å². The third-order valence-electron chi connectivity index (χ3n) is 6.23. The minimum Gasteiger partial charge on any atom is -0.431 e.